The molecular weight excluding hydrogens is 276 g/mol. The Bertz CT molecular complexity index is 911. The molecule has 0 fully saturated rings. The summed E-state index contributed by atoms with van der Waals surface area (Å²) in [6.45, 7) is 5.95. The predicted molar refractivity (Wildman–Crippen MR) is 88.2 cm³/mol. The van der Waals surface area contributed by atoms with E-state index in [1.54, 1.807) is 22.8 Å². The highest BCUT2D eigenvalue weighted by atomic mass is 16.3. The van der Waals surface area contributed by atoms with Crippen molar-refractivity contribution < 1.29 is 5.11 Å². The molecule has 3 aromatic rings. The van der Waals surface area contributed by atoms with Gasteiger partial charge in [-0.25, -0.2) is 4.79 Å². The predicted octanol–water partition coefficient (Wildman–Crippen LogP) is 3.66. The molecule has 0 aliphatic carbocycles. The maximum Gasteiger partial charge on any atom is 0.348 e. The summed E-state index contributed by atoms with van der Waals surface area (Å²) in [6, 6.07) is 12.8. The molecule has 1 heterocycles. The van der Waals surface area contributed by atoms with Gasteiger partial charge in [0.05, 0.1) is 11.2 Å². The van der Waals surface area contributed by atoms with Crippen molar-refractivity contribution in [2.45, 2.75) is 26.8 Å². The molecule has 0 spiro atoms. The summed E-state index contributed by atoms with van der Waals surface area (Å²) < 4.78 is 1.70. The number of nitrogens with zero attached hydrogens (tertiary/aromatic N) is 2. The van der Waals surface area contributed by atoms with Crippen LogP contribution in [-0.2, 0) is 0 Å². The first-order chi connectivity index (χ1) is 10.5. The summed E-state index contributed by atoms with van der Waals surface area (Å²) in [7, 11) is 0. The lowest BCUT2D eigenvalue weighted by Crippen LogP contribution is -2.25. The minimum atomic E-state index is -0.272. The molecule has 0 amide bonds. The summed E-state index contributed by atoms with van der Waals surface area (Å²) in [6.07, 6.45) is 0. The number of aryl methyl sites for hydroxylation is 1. The van der Waals surface area contributed by atoms with Crippen molar-refractivity contribution >= 4 is 10.9 Å². The maximum atomic E-state index is 12.5. The van der Waals surface area contributed by atoms with E-state index in [1.807, 2.05) is 45.0 Å². The second-order valence-corrected chi connectivity index (χ2v) is 5.78. The highest BCUT2D eigenvalue weighted by Crippen LogP contribution is 2.29. The van der Waals surface area contributed by atoms with Crippen molar-refractivity contribution in [2.75, 3.05) is 0 Å². The molecule has 0 atom stereocenters. The SMILES string of the molecule is Cc1ccc2c(-c3cccc(O)c3)nc(=O)n(C(C)C)c2c1. The number of benzene rings is 2. The van der Waals surface area contributed by atoms with Crippen LogP contribution in [-0.4, -0.2) is 14.7 Å². The second-order valence-electron chi connectivity index (χ2n) is 5.78. The highest BCUT2D eigenvalue weighted by Gasteiger charge is 2.14. The van der Waals surface area contributed by atoms with Gasteiger partial charge in [-0.1, -0.05) is 24.3 Å². The summed E-state index contributed by atoms with van der Waals surface area (Å²) in [5.74, 6) is 0.160. The molecule has 0 aliphatic rings. The van der Waals surface area contributed by atoms with Crippen molar-refractivity contribution in [3.63, 3.8) is 0 Å². The zero-order chi connectivity index (χ0) is 15.9. The van der Waals surface area contributed by atoms with E-state index in [1.165, 1.54) is 0 Å². The van der Waals surface area contributed by atoms with Crippen molar-refractivity contribution in [2.24, 2.45) is 0 Å². The fourth-order valence-corrected chi connectivity index (χ4v) is 2.73. The van der Waals surface area contributed by atoms with E-state index in [0.717, 1.165) is 22.0 Å². The van der Waals surface area contributed by atoms with Gasteiger partial charge in [-0.05, 0) is 44.5 Å². The Morgan fingerprint density at radius 3 is 2.59 bits per heavy atom. The lowest BCUT2D eigenvalue weighted by Gasteiger charge is -2.16. The summed E-state index contributed by atoms with van der Waals surface area (Å²) in [5, 5.41) is 10.6. The van der Waals surface area contributed by atoms with Crippen molar-refractivity contribution in [1.82, 2.24) is 9.55 Å². The molecule has 0 unspecified atom stereocenters. The van der Waals surface area contributed by atoms with Crippen molar-refractivity contribution in [3.8, 4) is 17.0 Å². The number of phenolic OH excluding ortho intramolecular Hbond substituents is 1. The first-order valence-electron chi connectivity index (χ1n) is 7.29. The van der Waals surface area contributed by atoms with Gasteiger partial charge in [0, 0.05) is 17.0 Å². The lowest BCUT2D eigenvalue weighted by atomic mass is 10.0. The largest absolute Gasteiger partial charge is 0.508 e. The molecular formula is C18H18N2O2. The number of hydrogen-bond donors (Lipinski definition) is 1. The van der Waals surface area contributed by atoms with Crippen LogP contribution in [0.4, 0.5) is 0 Å². The van der Waals surface area contributed by atoms with Gasteiger partial charge in [0.15, 0.2) is 0 Å². The lowest BCUT2D eigenvalue weighted by molar-refractivity contribution is 0.475. The van der Waals surface area contributed by atoms with Crippen LogP contribution < -0.4 is 5.69 Å². The van der Waals surface area contributed by atoms with Crippen LogP contribution in [0.15, 0.2) is 47.3 Å². The van der Waals surface area contributed by atoms with Crippen LogP contribution in [0.2, 0.25) is 0 Å². The van der Waals surface area contributed by atoms with Gasteiger partial charge in [0.25, 0.3) is 0 Å². The number of hydrogen-bond acceptors (Lipinski definition) is 3. The minimum Gasteiger partial charge on any atom is -0.508 e. The van der Waals surface area contributed by atoms with Crippen LogP contribution in [0.25, 0.3) is 22.2 Å². The van der Waals surface area contributed by atoms with E-state index < -0.39 is 0 Å². The number of aromatic hydroxyl groups is 1. The Morgan fingerprint density at radius 2 is 1.91 bits per heavy atom. The number of phenols is 1. The van der Waals surface area contributed by atoms with E-state index in [9.17, 15) is 9.90 Å². The van der Waals surface area contributed by atoms with Gasteiger partial charge < -0.3 is 5.11 Å². The Labute approximate surface area is 128 Å². The number of rotatable bonds is 2. The van der Waals surface area contributed by atoms with Crippen LogP contribution in [0.5, 0.6) is 5.75 Å². The van der Waals surface area contributed by atoms with Crippen LogP contribution in [0, 0.1) is 6.92 Å². The third kappa shape index (κ3) is 2.37. The molecule has 4 heteroatoms. The number of fused-ring (bicyclic) bond motifs is 1. The van der Waals surface area contributed by atoms with E-state index in [0.29, 0.717) is 5.69 Å². The molecule has 0 bridgehead atoms. The quantitative estimate of drug-likeness (QED) is 0.784. The fraction of sp³-hybridized carbons (Fsp3) is 0.222. The molecule has 22 heavy (non-hydrogen) atoms. The normalized spacial score (nSPS) is 11.3. The Kier molecular flexibility index (Phi) is 3.45. The fourth-order valence-electron chi connectivity index (χ4n) is 2.73. The van der Waals surface area contributed by atoms with Crippen molar-refractivity contribution in [1.29, 1.82) is 0 Å². The monoisotopic (exact) mass is 294 g/mol. The Morgan fingerprint density at radius 1 is 1.14 bits per heavy atom. The third-order valence-electron chi connectivity index (χ3n) is 3.72. The van der Waals surface area contributed by atoms with Crippen LogP contribution >= 0.6 is 0 Å². The van der Waals surface area contributed by atoms with Gasteiger partial charge in [0.2, 0.25) is 0 Å². The third-order valence-corrected chi connectivity index (χ3v) is 3.72. The average Bonchev–Trinajstić information content (AvgIpc) is 2.45. The molecule has 1 N–H and O–H groups in total. The van der Waals surface area contributed by atoms with Crippen molar-refractivity contribution in [3.05, 3.63) is 58.5 Å². The summed E-state index contributed by atoms with van der Waals surface area (Å²) >= 11 is 0. The zero-order valence-electron chi connectivity index (χ0n) is 12.9. The van der Waals surface area contributed by atoms with E-state index >= 15 is 0 Å². The molecule has 0 aliphatic heterocycles. The van der Waals surface area contributed by atoms with Gasteiger partial charge in [0.1, 0.15) is 5.75 Å². The molecule has 0 saturated carbocycles. The summed E-state index contributed by atoms with van der Waals surface area (Å²) in [5.41, 5.74) is 3.03. The van der Waals surface area contributed by atoms with Gasteiger partial charge >= 0.3 is 5.69 Å². The Balaban J connectivity index is 2.43. The van der Waals surface area contributed by atoms with E-state index in [2.05, 4.69) is 4.98 Å². The standard InChI is InChI=1S/C18H18N2O2/c1-11(2)20-16-9-12(3)7-8-15(16)17(19-18(20)22)13-5-4-6-14(21)10-13/h4-11,21H,1-3H3. The molecule has 3 rings (SSSR count). The van der Waals surface area contributed by atoms with E-state index in [-0.39, 0.29) is 17.5 Å². The smallest absolute Gasteiger partial charge is 0.348 e. The molecule has 0 saturated heterocycles. The average molecular weight is 294 g/mol. The molecule has 112 valence electrons. The summed E-state index contributed by atoms with van der Waals surface area (Å²) in [4.78, 5) is 16.7. The molecule has 2 aromatic carbocycles. The van der Waals surface area contributed by atoms with Crippen LogP contribution in [0.3, 0.4) is 0 Å². The Hall–Kier alpha value is -2.62. The van der Waals surface area contributed by atoms with Gasteiger partial charge in [-0.3, -0.25) is 4.57 Å². The molecule has 1 aromatic heterocycles. The second kappa shape index (κ2) is 5.30. The van der Waals surface area contributed by atoms with E-state index in [4.69, 9.17) is 0 Å². The minimum absolute atomic E-state index is 0.0301. The van der Waals surface area contributed by atoms with Gasteiger partial charge in [-0.2, -0.15) is 4.98 Å². The highest BCUT2D eigenvalue weighted by molar-refractivity contribution is 5.93. The molecule has 0 radical (unpaired) electrons. The first kappa shape index (κ1) is 14.3. The topological polar surface area (TPSA) is 55.1 Å². The van der Waals surface area contributed by atoms with Gasteiger partial charge in [-0.15, -0.1) is 0 Å². The first-order valence-corrected chi connectivity index (χ1v) is 7.29. The maximum absolute atomic E-state index is 12.5. The van der Waals surface area contributed by atoms with Crippen LogP contribution in [0.1, 0.15) is 25.5 Å². The zero-order valence-corrected chi connectivity index (χ0v) is 12.9. The molecule has 4 nitrogen and oxygen atoms in total. The number of aromatic nitrogens is 2.